The third kappa shape index (κ3) is 4.64. The number of carbonyl (C=O) groups is 1. The first kappa shape index (κ1) is 19.2. The highest BCUT2D eigenvalue weighted by molar-refractivity contribution is 5.94. The van der Waals surface area contributed by atoms with Crippen LogP contribution in [0.2, 0.25) is 0 Å². The summed E-state index contributed by atoms with van der Waals surface area (Å²) in [5.74, 6) is 1.61. The molecule has 0 spiro atoms. The molecule has 1 aliphatic heterocycles. The predicted molar refractivity (Wildman–Crippen MR) is 111 cm³/mol. The highest BCUT2D eigenvalue weighted by Gasteiger charge is 2.33. The Labute approximate surface area is 168 Å². The first-order valence-electron chi connectivity index (χ1n) is 10.7. The van der Waals surface area contributed by atoms with E-state index in [0.717, 1.165) is 43.1 Å². The molecule has 1 saturated heterocycles. The summed E-state index contributed by atoms with van der Waals surface area (Å²) in [5, 5.41) is 4.27. The van der Waals surface area contributed by atoms with E-state index in [-0.39, 0.29) is 5.91 Å². The number of aromatic nitrogens is 2. The molecule has 5 heteroatoms. The molecule has 0 bridgehead atoms. The second kappa shape index (κ2) is 8.48. The average Bonchev–Trinajstić information content (AvgIpc) is 3.41. The van der Waals surface area contributed by atoms with Crippen molar-refractivity contribution in [2.45, 2.75) is 45.7 Å². The summed E-state index contributed by atoms with van der Waals surface area (Å²) in [6.07, 6.45) is 7.56. The third-order valence-electron chi connectivity index (χ3n) is 6.07. The van der Waals surface area contributed by atoms with E-state index in [1.165, 1.54) is 19.4 Å². The molecular weight excluding hydrogens is 348 g/mol. The van der Waals surface area contributed by atoms with E-state index in [2.05, 4.69) is 34.8 Å². The van der Waals surface area contributed by atoms with Crippen LogP contribution in [0.5, 0.6) is 0 Å². The van der Waals surface area contributed by atoms with E-state index >= 15 is 0 Å². The number of hydrogen-bond donors (Lipinski definition) is 0. The van der Waals surface area contributed by atoms with Crippen molar-refractivity contribution >= 4 is 5.91 Å². The number of rotatable bonds is 6. The van der Waals surface area contributed by atoms with Gasteiger partial charge < -0.3 is 4.90 Å². The second-order valence-electron chi connectivity index (χ2n) is 8.76. The quantitative estimate of drug-likeness (QED) is 0.770. The average molecular weight is 381 g/mol. The Balaban J connectivity index is 1.47. The number of hydrogen-bond acceptors (Lipinski definition) is 3. The minimum absolute atomic E-state index is 0.168. The Morgan fingerprint density at radius 2 is 2.07 bits per heavy atom. The van der Waals surface area contributed by atoms with Crippen molar-refractivity contribution in [3.63, 3.8) is 0 Å². The van der Waals surface area contributed by atoms with Crippen LogP contribution < -0.4 is 0 Å². The molecule has 1 amide bonds. The molecule has 2 fully saturated rings. The maximum Gasteiger partial charge on any atom is 0.253 e. The normalized spacial score (nSPS) is 21.1. The molecule has 0 radical (unpaired) electrons. The molecule has 4 rings (SSSR count). The molecule has 2 heterocycles. The van der Waals surface area contributed by atoms with Gasteiger partial charge in [-0.05, 0) is 54.9 Å². The van der Waals surface area contributed by atoms with E-state index in [9.17, 15) is 4.79 Å². The number of amides is 1. The molecule has 2 aliphatic rings. The summed E-state index contributed by atoms with van der Waals surface area (Å²) in [7, 11) is 0. The van der Waals surface area contributed by atoms with Crippen LogP contribution in [0.3, 0.4) is 0 Å². The van der Waals surface area contributed by atoms with Gasteiger partial charge in [-0.1, -0.05) is 26.0 Å². The fourth-order valence-electron chi connectivity index (χ4n) is 4.31. The molecule has 2 aromatic rings. The minimum Gasteiger partial charge on any atom is -0.337 e. The van der Waals surface area contributed by atoms with E-state index in [4.69, 9.17) is 0 Å². The molecule has 5 nitrogen and oxygen atoms in total. The van der Waals surface area contributed by atoms with Gasteiger partial charge in [0.2, 0.25) is 0 Å². The Kier molecular flexibility index (Phi) is 5.81. The molecular formula is C23H32N4O. The van der Waals surface area contributed by atoms with Crippen LogP contribution in [-0.4, -0.2) is 57.7 Å². The van der Waals surface area contributed by atoms with Crippen LogP contribution in [-0.2, 0) is 6.54 Å². The lowest BCUT2D eigenvalue weighted by atomic mass is 10.0. The van der Waals surface area contributed by atoms with Crippen molar-refractivity contribution < 1.29 is 4.79 Å². The maximum atomic E-state index is 13.3. The summed E-state index contributed by atoms with van der Waals surface area (Å²) in [6, 6.07) is 10.4. The van der Waals surface area contributed by atoms with Crippen molar-refractivity contribution in [1.82, 2.24) is 19.6 Å². The van der Waals surface area contributed by atoms with Gasteiger partial charge in [-0.2, -0.15) is 5.10 Å². The maximum absolute atomic E-state index is 13.3. The van der Waals surface area contributed by atoms with Crippen molar-refractivity contribution in [1.29, 1.82) is 0 Å². The molecule has 0 unspecified atom stereocenters. The van der Waals surface area contributed by atoms with E-state index in [1.807, 2.05) is 35.1 Å². The molecule has 1 saturated carbocycles. The number of nitrogens with zero attached hydrogens (tertiary/aromatic N) is 4. The Morgan fingerprint density at radius 3 is 2.79 bits per heavy atom. The van der Waals surface area contributed by atoms with Crippen LogP contribution in [0.4, 0.5) is 0 Å². The standard InChI is InChI=1S/C23H32N4O/c1-18(2)22-17-26(12-5-11-25(22)15-19-8-9-19)23(28)21-7-3-6-20(14-21)16-27-13-4-10-24-27/h3-4,6-7,10,13-14,18-19,22H,5,8-9,11-12,15-17H2,1-2H3/t22-/m0/s1. The number of carbonyl (C=O) groups excluding carboxylic acids is 1. The van der Waals surface area contributed by atoms with Gasteiger partial charge in [0.15, 0.2) is 0 Å². The fourth-order valence-corrected chi connectivity index (χ4v) is 4.31. The summed E-state index contributed by atoms with van der Waals surface area (Å²) >= 11 is 0. The van der Waals surface area contributed by atoms with Gasteiger partial charge in [-0.3, -0.25) is 14.4 Å². The van der Waals surface area contributed by atoms with Gasteiger partial charge in [0.1, 0.15) is 0 Å². The Morgan fingerprint density at radius 1 is 1.21 bits per heavy atom. The van der Waals surface area contributed by atoms with Crippen LogP contribution in [0.1, 0.15) is 49.0 Å². The molecule has 0 N–H and O–H groups in total. The lowest BCUT2D eigenvalue weighted by molar-refractivity contribution is 0.0704. The topological polar surface area (TPSA) is 41.4 Å². The number of benzene rings is 1. The monoisotopic (exact) mass is 380 g/mol. The minimum atomic E-state index is 0.168. The van der Waals surface area contributed by atoms with Crippen LogP contribution in [0.15, 0.2) is 42.7 Å². The lowest BCUT2D eigenvalue weighted by Gasteiger charge is -2.34. The summed E-state index contributed by atoms with van der Waals surface area (Å²) < 4.78 is 1.89. The highest BCUT2D eigenvalue weighted by Crippen LogP contribution is 2.32. The Bertz CT molecular complexity index is 782. The van der Waals surface area contributed by atoms with Crippen LogP contribution in [0.25, 0.3) is 0 Å². The zero-order valence-corrected chi connectivity index (χ0v) is 17.1. The predicted octanol–water partition coefficient (Wildman–Crippen LogP) is 3.51. The van der Waals surface area contributed by atoms with E-state index in [0.29, 0.717) is 18.5 Å². The largest absolute Gasteiger partial charge is 0.337 e. The first-order valence-corrected chi connectivity index (χ1v) is 10.7. The summed E-state index contributed by atoms with van der Waals surface area (Å²) in [6.45, 7) is 9.30. The molecule has 150 valence electrons. The van der Waals surface area contributed by atoms with Gasteiger partial charge in [0, 0.05) is 50.2 Å². The van der Waals surface area contributed by atoms with Crippen LogP contribution >= 0.6 is 0 Å². The van der Waals surface area contributed by atoms with Gasteiger partial charge >= 0.3 is 0 Å². The Hall–Kier alpha value is -2.14. The highest BCUT2D eigenvalue weighted by atomic mass is 16.2. The van der Waals surface area contributed by atoms with E-state index < -0.39 is 0 Å². The zero-order chi connectivity index (χ0) is 19.5. The molecule has 1 aliphatic carbocycles. The van der Waals surface area contributed by atoms with Gasteiger partial charge in [-0.15, -0.1) is 0 Å². The third-order valence-corrected chi connectivity index (χ3v) is 6.07. The second-order valence-corrected chi connectivity index (χ2v) is 8.76. The molecule has 1 aromatic carbocycles. The molecule has 1 aromatic heterocycles. The van der Waals surface area contributed by atoms with Gasteiger partial charge in [0.25, 0.3) is 5.91 Å². The lowest BCUT2D eigenvalue weighted by Crippen LogP contribution is -2.46. The van der Waals surface area contributed by atoms with Crippen molar-refractivity contribution in [2.75, 3.05) is 26.2 Å². The van der Waals surface area contributed by atoms with Crippen molar-refractivity contribution in [3.8, 4) is 0 Å². The van der Waals surface area contributed by atoms with Crippen LogP contribution in [0, 0.1) is 11.8 Å². The van der Waals surface area contributed by atoms with Gasteiger partial charge in [0.05, 0.1) is 6.54 Å². The summed E-state index contributed by atoms with van der Waals surface area (Å²) in [4.78, 5) is 18.0. The first-order chi connectivity index (χ1) is 13.6. The molecule has 28 heavy (non-hydrogen) atoms. The smallest absolute Gasteiger partial charge is 0.253 e. The molecule has 1 atom stereocenters. The van der Waals surface area contributed by atoms with E-state index in [1.54, 1.807) is 6.20 Å². The van der Waals surface area contributed by atoms with Crippen molar-refractivity contribution in [3.05, 3.63) is 53.9 Å². The SMILES string of the molecule is CC(C)[C@@H]1CN(C(=O)c2cccc(Cn3cccn3)c2)CCCN1CC1CC1. The zero-order valence-electron chi connectivity index (χ0n) is 17.1. The fraction of sp³-hybridized carbons (Fsp3) is 0.565. The summed E-state index contributed by atoms with van der Waals surface area (Å²) in [5.41, 5.74) is 1.91. The van der Waals surface area contributed by atoms with Crippen molar-refractivity contribution in [2.24, 2.45) is 11.8 Å². The van der Waals surface area contributed by atoms with Gasteiger partial charge in [-0.25, -0.2) is 0 Å².